The van der Waals surface area contributed by atoms with Crippen molar-refractivity contribution in [2.24, 2.45) is 0 Å². The van der Waals surface area contributed by atoms with Crippen molar-refractivity contribution < 1.29 is 19.0 Å². The summed E-state index contributed by atoms with van der Waals surface area (Å²) in [5.41, 5.74) is 3.00. The second kappa shape index (κ2) is 6.60. The molecule has 2 aromatic carbocycles. The lowest BCUT2D eigenvalue weighted by molar-refractivity contribution is -0.116. The molecule has 7 nitrogen and oxygen atoms in total. The fourth-order valence-electron chi connectivity index (χ4n) is 3.83. The van der Waals surface area contributed by atoms with Gasteiger partial charge in [0.2, 0.25) is 12.7 Å². The molecule has 142 valence electrons. The number of fused-ring (bicyclic) bond motifs is 2. The Morgan fingerprint density at radius 3 is 2.93 bits per heavy atom. The van der Waals surface area contributed by atoms with E-state index in [4.69, 9.17) is 14.2 Å². The molecule has 1 N–H and O–H groups in total. The second-order valence-corrected chi connectivity index (χ2v) is 6.84. The molecule has 1 aromatic heterocycles. The molecule has 3 aromatic rings. The summed E-state index contributed by atoms with van der Waals surface area (Å²) in [4.78, 5) is 12.4. The maximum Gasteiger partial charge on any atom is 0.231 e. The lowest BCUT2D eigenvalue weighted by Gasteiger charge is -2.25. The lowest BCUT2D eigenvalue weighted by Crippen LogP contribution is -2.25. The molecule has 1 amide bonds. The van der Waals surface area contributed by atoms with E-state index < -0.39 is 0 Å². The normalized spacial score (nSPS) is 17.2. The summed E-state index contributed by atoms with van der Waals surface area (Å²) in [6.45, 7) is 0.761. The summed E-state index contributed by atoms with van der Waals surface area (Å²) >= 11 is 0. The molecule has 0 unspecified atom stereocenters. The highest BCUT2D eigenvalue weighted by molar-refractivity contribution is 5.94. The summed E-state index contributed by atoms with van der Waals surface area (Å²) < 4.78 is 18.1. The van der Waals surface area contributed by atoms with E-state index in [2.05, 4.69) is 10.4 Å². The summed E-state index contributed by atoms with van der Waals surface area (Å²) in [6.07, 6.45) is 2.20. The van der Waals surface area contributed by atoms with Crippen molar-refractivity contribution in [2.75, 3.05) is 19.2 Å². The number of nitrogens with one attached hydrogen (secondary N) is 1. The van der Waals surface area contributed by atoms with E-state index in [1.54, 1.807) is 7.11 Å². The molecule has 0 fully saturated rings. The number of ether oxygens (including phenoxy) is 3. The van der Waals surface area contributed by atoms with Gasteiger partial charge in [-0.1, -0.05) is 24.3 Å². The molecule has 1 atom stereocenters. The molecule has 28 heavy (non-hydrogen) atoms. The lowest BCUT2D eigenvalue weighted by atomic mass is 9.87. The van der Waals surface area contributed by atoms with Gasteiger partial charge in [0.15, 0.2) is 11.5 Å². The smallest absolute Gasteiger partial charge is 0.231 e. The highest BCUT2D eigenvalue weighted by Crippen LogP contribution is 2.41. The molecule has 0 spiro atoms. The SMILES string of the molecule is COc1ccccc1[C@@H]1CC(=O)Nc2c1cnn2Cc1ccc2c(c1)OCO2. The number of hydrogen-bond donors (Lipinski definition) is 1. The average molecular weight is 377 g/mol. The van der Waals surface area contributed by atoms with Gasteiger partial charge in [0, 0.05) is 23.5 Å². The van der Waals surface area contributed by atoms with Crippen LogP contribution < -0.4 is 19.5 Å². The highest BCUT2D eigenvalue weighted by Gasteiger charge is 2.31. The predicted molar refractivity (Wildman–Crippen MR) is 102 cm³/mol. The Balaban J connectivity index is 1.50. The van der Waals surface area contributed by atoms with Crippen molar-refractivity contribution in [3.63, 3.8) is 0 Å². The molecule has 0 saturated heterocycles. The topological polar surface area (TPSA) is 74.6 Å². The molecule has 0 saturated carbocycles. The van der Waals surface area contributed by atoms with Crippen LogP contribution in [-0.2, 0) is 11.3 Å². The van der Waals surface area contributed by atoms with E-state index in [9.17, 15) is 4.79 Å². The molecule has 0 radical (unpaired) electrons. The number of aromatic nitrogens is 2. The zero-order valence-corrected chi connectivity index (χ0v) is 15.3. The number of hydrogen-bond acceptors (Lipinski definition) is 5. The van der Waals surface area contributed by atoms with E-state index >= 15 is 0 Å². The quantitative estimate of drug-likeness (QED) is 0.756. The fraction of sp³-hybridized carbons (Fsp3) is 0.238. The Kier molecular flexibility index (Phi) is 3.93. The minimum atomic E-state index is -0.0922. The first-order chi connectivity index (χ1) is 13.7. The monoisotopic (exact) mass is 377 g/mol. The first-order valence-corrected chi connectivity index (χ1v) is 9.10. The number of anilines is 1. The minimum absolute atomic E-state index is 0.0316. The number of carbonyl (C=O) groups excluding carboxylic acids is 1. The summed E-state index contributed by atoms with van der Waals surface area (Å²) in [5, 5.41) is 7.52. The first kappa shape index (κ1) is 16.7. The molecule has 2 aliphatic heterocycles. The van der Waals surface area contributed by atoms with Crippen LogP contribution in [0, 0.1) is 0 Å². The van der Waals surface area contributed by atoms with Gasteiger partial charge in [-0.25, -0.2) is 4.68 Å². The van der Waals surface area contributed by atoms with Crippen molar-refractivity contribution in [2.45, 2.75) is 18.9 Å². The van der Waals surface area contributed by atoms with E-state index in [0.717, 1.165) is 39.8 Å². The van der Waals surface area contributed by atoms with Crippen LogP contribution in [0.2, 0.25) is 0 Å². The maximum absolute atomic E-state index is 12.4. The second-order valence-electron chi connectivity index (χ2n) is 6.84. The van der Waals surface area contributed by atoms with Crippen LogP contribution in [0.5, 0.6) is 17.2 Å². The van der Waals surface area contributed by atoms with Crippen LogP contribution >= 0.6 is 0 Å². The summed E-state index contributed by atoms with van der Waals surface area (Å²) in [7, 11) is 1.64. The van der Waals surface area contributed by atoms with Gasteiger partial charge in [0.25, 0.3) is 0 Å². The third-order valence-electron chi connectivity index (χ3n) is 5.17. The summed E-state index contributed by atoms with van der Waals surface area (Å²) in [6, 6.07) is 13.6. The van der Waals surface area contributed by atoms with Gasteiger partial charge in [0.1, 0.15) is 11.6 Å². The molecular formula is C21H19N3O4. The molecule has 0 bridgehead atoms. The molecule has 7 heteroatoms. The van der Waals surface area contributed by atoms with E-state index in [1.807, 2.05) is 53.3 Å². The van der Waals surface area contributed by atoms with Gasteiger partial charge in [0.05, 0.1) is 19.9 Å². The third-order valence-corrected chi connectivity index (χ3v) is 5.17. The Morgan fingerprint density at radius 2 is 2.04 bits per heavy atom. The third kappa shape index (κ3) is 2.76. The largest absolute Gasteiger partial charge is 0.496 e. The van der Waals surface area contributed by atoms with E-state index in [0.29, 0.717) is 13.0 Å². The number of amides is 1. The van der Waals surface area contributed by atoms with Crippen molar-refractivity contribution in [1.29, 1.82) is 0 Å². The van der Waals surface area contributed by atoms with Crippen LogP contribution in [0.3, 0.4) is 0 Å². The van der Waals surface area contributed by atoms with Gasteiger partial charge in [-0.15, -0.1) is 0 Å². The Labute approximate surface area is 161 Å². The van der Waals surface area contributed by atoms with Gasteiger partial charge >= 0.3 is 0 Å². The fourth-order valence-corrected chi connectivity index (χ4v) is 3.83. The summed E-state index contributed by atoms with van der Waals surface area (Å²) in [5.74, 6) is 2.85. The number of carbonyl (C=O) groups is 1. The van der Waals surface area contributed by atoms with Gasteiger partial charge in [-0.2, -0.15) is 5.10 Å². The van der Waals surface area contributed by atoms with Gasteiger partial charge in [-0.3, -0.25) is 4.79 Å². The highest BCUT2D eigenvalue weighted by atomic mass is 16.7. The van der Waals surface area contributed by atoms with Crippen LogP contribution in [0.4, 0.5) is 5.82 Å². The van der Waals surface area contributed by atoms with Crippen LogP contribution in [-0.4, -0.2) is 29.6 Å². The van der Waals surface area contributed by atoms with Crippen LogP contribution in [0.15, 0.2) is 48.7 Å². The molecule has 5 rings (SSSR count). The van der Waals surface area contributed by atoms with Crippen LogP contribution in [0.25, 0.3) is 0 Å². The Hall–Kier alpha value is -3.48. The molecule has 3 heterocycles. The predicted octanol–water partition coefficient (Wildman–Crippen LogP) is 3.14. The maximum atomic E-state index is 12.4. The van der Waals surface area contributed by atoms with Crippen LogP contribution in [0.1, 0.15) is 29.0 Å². The van der Waals surface area contributed by atoms with Crippen molar-refractivity contribution >= 4 is 11.7 Å². The Bertz CT molecular complexity index is 1060. The van der Waals surface area contributed by atoms with Crippen molar-refractivity contribution in [1.82, 2.24) is 9.78 Å². The minimum Gasteiger partial charge on any atom is -0.496 e. The first-order valence-electron chi connectivity index (χ1n) is 9.10. The van der Waals surface area contributed by atoms with Crippen molar-refractivity contribution in [3.8, 4) is 17.2 Å². The van der Waals surface area contributed by atoms with E-state index in [1.165, 1.54) is 0 Å². The number of rotatable bonds is 4. The van der Waals surface area contributed by atoms with E-state index in [-0.39, 0.29) is 18.6 Å². The average Bonchev–Trinajstić information content (AvgIpc) is 3.34. The zero-order valence-electron chi connectivity index (χ0n) is 15.3. The number of nitrogens with zero attached hydrogens (tertiary/aromatic N) is 2. The molecule has 2 aliphatic rings. The van der Waals surface area contributed by atoms with Gasteiger partial charge in [-0.05, 0) is 23.8 Å². The number of benzene rings is 2. The number of methoxy groups -OCH3 is 1. The Morgan fingerprint density at radius 1 is 1.18 bits per heavy atom. The number of para-hydroxylation sites is 1. The standard InChI is InChI=1S/C21H19N3O4/c1-26-17-5-3-2-4-14(17)15-9-20(25)23-21-16(15)10-22-24(21)11-13-6-7-18-19(8-13)28-12-27-18/h2-8,10,15H,9,11-12H2,1H3,(H,23,25)/t15-/m0/s1. The van der Waals surface area contributed by atoms with Gasteiger partial charge < -0.3 is 19.5 Å². The zero-order chi connectivity index (χ0) is 19.1. The van der Waals surface area contributed by atoms with Crippen molar-refractivity contribution in [3.05, 3.63) is 65.4 Å². The molecule has 0 aliphatic carbocycles. The molecular weight excluding hydrogens is 358 g/mol.